The number of anilines is 1. The van der Waals surface area contributed by atoms with Crippen LogP contribution >= 0.6 is 11.3 Å². The Morgan fingerprint density at radius 2 is 2.00 bits per heavy atom. The quantitative estimate of drug-likeness (QED) is 0.739. The molecule has 1 N–H and O–H groups in total. The van der Waals surface area contributed by atoms with E-state index in [-0.39, 0.29) is 11.8 Å². The fraction of sp³-hybridized carbons (Fsp3) is 0.278. The van der Waals surface area contributed by atoms with E-state index in [0.29, 0.717) is 11.8 Å². The first-order valence-corrected chi connectivity index (χ1v) is 8.67. The SMILES string of the molecule is CC[C@@H](C(=O)Nc1cc(-c2nnc(C)o2)sc1C)c1ccccc1. The summed E-state index contributed by atoms with van der Waals surface area (Å²) >= 11 is 1.53. The molecule has 0 unspecified atom stereocenters. The molecule has 0 aliphatic rings. The molecule has 0 bridgehead atoms. The van der Waals surface area contributed by atoms with Crippen LogP contribution in [0, 0.1) is 13.8 Å². The standard InChI is InChI=1S/C18H19N3O2S/c1-4-14(13-8-6-5-7-9-13)17(22)19-15-10-16(24-11(15)2)18-21-20-12(3)23-18/h5-10,14H,4H2,1-3H3,(H,19,22)/t14-/m1/s1. The van der Waals surface area contributed by atoms with E-state index >= 15 is 0 Å². The van der Waals surface area contributed by atoms with Crippen LogP contribution in [0.5, 0.6) is 0 Å². The first-order chi connectivity index (χ1) is 11.6. The third-order valence-corrected chi connectivity index (χ3v) is 4.88. The van der Waals surface area contributed by atoms with Gasteiger partial charge in [0.2, 0.25) is 11.8 Å². The van der Waals surface area contributed by atoms with Crippen molar-refractivity contribution < 1.29 is 9.21 Å². The van der Waals surface area contributed by atoms with Crippen molar-refractivity contribution in [1.82, 2.24) is 10.2 Å². The summed E-state index contributed by atoms with van der Waals surface area (Å²) in [4.78, 5) is 14.6. The Labute approximate surface area is 144 Å². The van der Waals surface area contributed by atoms with Crippen molar-refractivity contribution in [2.75, 3.05) is 5.32 Å². The molecule has 3 rings (SSSR count). The van der Waals surface area contributed by atoms with Gasteiger partial charge >= 0.3 is 0 Å². The van der Waals surface area contributed by atoms with Gasteiger partial charge in [0, 0.05) is 11.8 Å². The third kappa shape index (κ3) is 3.38. The molecule has 0 aliphatic heterocycles. The summed E-state index contributed by atoms with van der Waals surface area (Å²) in [5, 5.41) is 10.9. The van der Waals surface area contributed by atoms with Gasteiger partial charge in [-0.3, -0.25) is 4.79 Å². The number of carbonyl (C=O) groups is 1. The summed E-state index contributed by atoms with van der Waals surface area (Å²) in [5.41, 5.74) is 1.82. The van der Waals surface area contributed by atoms with Gasteiger partial charge in [0.1, 0.15) is 0 Å². The van der Waals surface area contributed by atoms with Crippen molar-refractivity contribution in [1.29, 1.82) is 0 Å². The number of thiophene rings is 1. The van der Waals surface area contributed by atoms with Gasteiger partial charge in [0.25, 0.3) is 5.89 Å². The molecule has 1 aromatic carbocycles. The Kier molecular flexibility index (Phi) is 4.76. The van der Waals surface area contributed by atoms with E-state index in [4.69, 9.17) is 4.42 Å². The Morgan fingerprint density at radius 1 is 1.25 bits per heavy atom. The molecule has 6 heteroatoms. The number of rotatable bonds is 5. The molecule has 2 aromatic heterocycles. The molecular weight excluding hydrogens is 322 g/mol. The van der Waals surface area contributed by atoms with Gasteiger partial charge in [-0.15, -0.1) is 21.5 Å². The van der Waals surface area contributed by atoms with Crippen LogP contribution in [0.3, 0.4) is 0 Å². The molecular formula is C18H19N3O2S. The summed E-state index contributed by atoms with van der Waals surface area (Å²) in [7, 11) is 0. The second-order valence-electron chi connectivity index (χ2n) is 5.57. The first-order valence-electron chi connectivity index (χ1n) is 7.85. The zero-order valence-electron chi connectivity index (χ0n) is 13.9. The molecule has 5 nitrogen and oxygen atoms in total. The maximum Gasteiger partial charge on any atom is 0.257 e. The van der Waals surface area contributed by atoms with Crippen LogP contribution < -0.4 is 5.32 Å². The Hall–Kier alpha value is -2.47. The van der Waals surface area contributed by atoms with E-state index < -0.39 is 0 Å². The smallest absolute Gasteiger partial charge is 0.257 e. The van der Waals surface area contributed by atoms with Crippen LogP contribution in [0.15, 0.2) is 40.8 Å². The number of benzene rings is 1. The molecule has 0 aliphatic carbocycles. The van der Waals surface area contributed by atoms with Gasteiger partial charge in [0.15, 0.2) is 0 Å². The van der Waals surface area contributed by atoms with E-state index in [1.807, 2.05) is 50.2 Å². The molecule has 0 spiro atoms. The van der Waals surface area contributed by atoms with E-state index in [1.54, 1.807) is 6.92 Å². The Morgan fingerprint density at radius 3 is 2.62 bits per heavy atom. The molecule has 124 valence electrons. The van der Waals surface area contributed by atoms with Crippen molar-refractivity contribution in [3.8, 4) is 10.8 Å². The molecule has 3 aromatic rings. The minimum atomic E-state index is -0.167. The Bertz CT molecular complexity index is 839. The molecule has 1 atom stereocenters. The van der Waals surface area contributed by atoms with E-state index in [9.17, 15) is 4.79 Å². The van der Waals surface area contributed by atoms with E-state index in [2.05, 4.69) is 15.5 Å². The second kappa shape index (κ2) is 6.97. The molecule has 0 saturated carbocycles. The van der Waals surface area contributed by atoms with E-state index in [1.165, 1.54) is 11.3 Å². The Balaban J connectivity index is 1.80. The molecule has 24 heavy (non-hydrogen) atoms. The maximum atomic E-state index is 12.7. The van der Waals surface area contributed by atoms with Gasteiger partial charge in [0.05, 0.1) is 16.5 Å². The molecule has 0 radical (unpaired) electrons. The van der Waals surface area contributed by atoms with Crippen LogP contribution in [-0.2, 0) is 4.79 Å². The minimum Gasteiger partial charge on any atom is -0.420 e. The average Bonchev–Trinajstić information content (AvgIpc) is 3.16. The largest absolute Gasteiger partial charge is 0.420 e. The van der Waals surface area contributed by atoms with Crippen LogP contribution in [0.25, 0.3) is 10.8 Å². The highest BCUT2D eigenvalue weighted by Gasteiger charge is 2.20. The van der Waals surface area contributed by atoms with Crippen LogP contribution in [0.4, 0.5) is 5.69 Å². The summed E-state index contributed by atoms with van der Waals surface area (Å²) in [5.74, 6) is 0.838. The zero-order chi connectivity index (χ0) is 17.1. The number of nitrogens with one attached hydrogen (secondary N) is 1. The number of carbonyl (C=O) groups excluding carboxylic acids is 1. The van der Waals surface area contributed by atoms with Crippen molar-refractivity contribution >= 4 is 22.9 Å². The predicted molar refractivity (Wildman–Crippen MR) is 95.2 cm³/mol. The van der Waals surface area contributed by atoms with Gasteiger partial charge in [-0.25, -0.2) is 0 Å². The number of hydrogen-bond donors (Lipinski definition) is 1. The third-order valence-electron chi connectivity index (χ3n) is 3.84. The fourth-order valence-corrected chi connectivity index (χ4v) is 3.48. The van der Waals surface area contributed by atoms with Crippen LogP contribution in [0.2, 0.25) is 0 Å². The molecule has 2 heterocycles. The highest BCUT2D eigenvalue weighted by molar-refractivity contribution is 7.15. The van der Waals surface area contributed by atoms with Crippen molar-refractivity contribution in [3.63, 3.8) is 0 Å². The lowest BCUT2D eigenvalue weighted by Gasteiger charge is -2.15. The number of aryl methyl sites for hydroxylation is 2. The fourth-order valence-electron chi connectivity index (χ4n) is 2.59. The van der Waals surface area contributed by atoms with E-state index in [0.717, 1.165) is 27.4 Å². The van der Waals surface area contributed by atoms with Crippen LogP contribution in [0.1, 0.15) is 35.6 Å². The summed E-state index contributed by atoms with van der Waals surface area (Å²) in [6.07, 6.45) is 0.745. The summed E-state index contributed by atoms with van der Waals surface area (Å²) < 4.78 is 5.46. The summed E-state index contributed by atoms with van der Waals surface area (Å²) in [6, 6.07) is 11.7. The monoisotopic (exact) mass is 341 g/mol. The molecule has 0 saturated heterocycles. The van der Waals surface area contributed by atoms with Gasteiger partial charge in [-0.1, -0.05) is 37.3 Å². The second-order valence-corrected chi connectivity index (χ2v) is 6.82. The first kappa shape index (κ1) is 16.4. The lowest BCUT2D eigenvalue weighted by atomic mass is 9.95. The van der Waals surface area contributed by atoms with Gasteiger partial charge in [-0.05, 0) is 25.0 Å². The lowest BCUT2D eigenvalue weighted by molar-refractivity contribution is -0.117. The molecule has 1 amide bonds. The van der Waals surface area contributed by atoms with Crippen molar-refractivity contribution in [2.24, 2.45) is 0 Å². The van der Waals surface area contributed by atoms with Crippen molar-refractivity contribution in [2.45, 2.75) is 33.1 Å². The summed E-state index contributed by atoms with van der Waals surface area (Å²) in [6.45, 7) is 5.74. The number of amides is 1. The molecule has 0 fully saturated rings. The van der Waals surface area contributed by atoms with Crippen molar-refractivity contribution in [3.05, 3.63) is 52.7 Å². The highest BCUT2D eigenvalue weighted by atomic mass is 32.1. The minimum absolute atomic E-state index is 0.00198. The topological polar surface area (TPSA) is 68.0 Å². The number of nitrogens with zero attached hydrogens (tertiary/aromatic N) is 2. The average molecular weight is 341 g/mol. The van der Waals surface area contributed by atoms with Gasteiger partial charge < -0.3 is 9.73 Å². The highest BCUT2D eigenvalue weighted by Crippen LogP contribution is 2.34. The predicted octanol–water partition coefficient (Wildman–Crippen LogP) is 4.55. The maximum absolute atomic E-state index is 12.7. The van der Waals surface area contributed by atoms with Crippen LogP contribution in [-0.4, -0.2) is 16.1 Å². The number of hydrogen-bond acceptors (Lipinski definition) is 5. The zero-order valence-corrected chi connectivity index (χ0v) is 14.7. The number of aromatic nitrogens is 2. The van der Waals surface area contributed by atoms with Gasteiger partial charge in [-0.2, -0.15) is 0 Å². The lowest BCUT2D eigenvalue weighted by Crippen LogP contribution is -2.20. The normalized spacial score (nSPS) is 12.1.